The van der Waals surface area contributed by atoms with Crippen LogP contribution in [0.3, 0.4) is 0 Å². The molecule has 0 heterocycles. The molecular formula is C13H7Cl2F8NO3. The summed E-state index contributed by atoms with van der Waals surface area (Å²) in [4.78, 5) is 22.5. The van der Waals surface area contributed by atoms with Crippen LogP contribution in [0, 0.1) is 0 Å². The first-order chi connectivity index (χ1) is 11.9. The highest BCUT2D eigenvalue weighted by molar-refractivity contribution is 6.31. The number of hydrogen-bond acceptors (Lipinski definition) is 2. The fourth-order valence-electron chi connectivity index (χ4n) is 1.72. The fraction of sp³-hybridized carbons (Fsp3) is 0.385. The molecule has 2 N–H and O–H groups in total. The SMILES string of the molecule is O=C(CC(F)(F)C(F)(F)C(F)(F)C(F)(F)Cl)Nc1cc(Cl)ccc1C(=O)O. The van der Waals surface area contributed by atoms with Gasteiger partial charge in [0, 0.05) is 5.02 Å². The molecule has 0 aliphatic carbocycles. The van der Waals surface area contributed by atoms with Crippen LogP contribution in [0.2, 0.25) is 5.02 Å². The Balaban J connectivity index is 3.12. The van der Waals surface area contributed by atoms with Crippen molar-refractivity contribution in [2.75, 3.05) is 5.32 Å². The molecule has 0 saturated heterocycles. The summed E-state index contributed by atoms with van der Waals surface area (Å²) in [6.07, 6.45) is -2.69. The number of rotatable bonds is 7. The summed E-state index contributed by atoms with van der Waals surface area (Å²) in [6, 6.07) is 2.61. The molecular weight excluding hydrogens is 441 g/mol. The number of benzene rings is 1. The number of amides is 1. The van der Waals surface area contributed by atoms with Crippen LogP contribution in [0.5, 0.6) is 0 Å². The number of carboxylic acid groups (broad SMARTS) is 1. The third-order valence-electron chi connectivity index (χ3n) is 3.08. The van der Waals surface area contributed by atoms with Crippen LogP contribution in [-0.2, 0) is 4.79 Å². The van der Waals surface area contributed by atoms with Gasteiger partial charge in [-0.2, -0.15) is 35.1 Å². The summed E-state index contributed by atoms with van der Waals surface area (Å²) in [5.74, 6) is -23.1. The molecule has 0 bridgehead atoms. The van der Waals surface area contributed by atoms with Crippen LogP contribution in [0.25, 0.3) is 0 Å². The lowest BCUT2D eigenvalue weighted by Gasteiger charge is -2.34. The smallest absolute Gasteiger partial charge is 0.392 e. The normalized spacial score (nSPS) is 13.4. The van der Waals surface area contributed by atoms with E-state index in [9.17, 15) is 44.7 Å². The first-order valence-electron chi connectivity index (χ1n) is 6.47. The summed E-state index contributed by atoms with van der Waals surface area (Å²) in [5.41, 5.74) is -1.41. The maximum Gasteiger partial charge on any atom is 0.392 e. The molecule has 27 heavy (non-hydrogen) atoms. The highest BCUT2D eigenvalue weighted by Gasteiger charge is 2.80. The Bertz CT molecular complexity index is 752. The molecule has 0 aliphatic heterocycles. The van der Waals surface area contributed by atoms with E-state index in [1.807, 2.05) is 0 Å². The van der Waals surface area contributed by atoms with E-state index in [2.05, 4.69) is 11.6 Å². The summed E-state index contributed by atoms with van der Waals surface area (Å²) >= 11 is 9.29. The quantitative estimate of drug-likeness (QED) is 0.451. The van der Waals surface area contributed by atoms with Gasteiger partial charge in [0.2, 0.25) is 5.91 Å². The second-order valence-corrected chi connectivity index (χ2v) is 5.98. The molecule has 0 atom stereocenters. The van der Waals surface area contributed by atoms with Crippen molar-refractivity contribution >= 4 is 40.8 Å². The van der Waals surface area contributed by atoms with Gasteiger partial charge in [-0.15, -0.1) is 0 Å². The first-order valence-corrected chi connectivity index (χ1v) is 7.22. The van der Waals surface area contributed by atoms with E-state index in [0.717, 1.165) is 18.2 Å². The van der Waals surface area contributed by atoms with Crippen LogP contribution in [0.15, 0.2) is 18.2 Å². The van der Waals surface area contributed by atoms with Crippen molar-refractivity contribution in [1.82, 2.24) is 0 Å². The predicted octanol–water partition coefficient (Wildman–Crippen LogP) is 5.10. The number of carbonyl (C=O) groups excluding carboxylic acids is 1. The molecule has 1 amide bonds. The molecule has 0 radical (unpaired) electrons. The molecule has 0 unspecified atom stereocenters. The molecule has 0 fully saturated rings. The molecule has 0 spiro atoms. The number of hydrogen-bond donors (Lipinski definition) is 2. The van der Waals surface area contributed by atoms with E-state index in [1.165, 1.54) is 5.32 Å². The van der Waals surface area contributed by atoms with Crippen molar-refractivity contribution in [3.63, 3.8) is 0 Å². The van der Waals surface area contributed by atoms with Crippen molar-refractivity contribution in [3.8, 4) is 0 Å². The van der Waals surface area contributed by atoms with Gasteiger partial charge in [-0.25, -0.2) is 4.79 Å². The van der Waals surface area contributed by atoms with Crippen molar-refractivity contribution in [1.29, 1.82) is 0 Å². The highest BCUT2D eigenvalue weighted by atomic mass is 35.5. The zero-order valence-electron chi connectivity index (χ0n) is 12.5. The van der Waals surface area contributed by atoms with Gasteiger partial charge in [-0.1, -0.05) is 11.6 Å². The Labute approximate surface area is 155 Å². The van der Waals surface area contributed by atoms with Crippen molar-refractivity contribution < 1.29 is 49.8 Å². The Kier molecular flexibility index (Phi) is 6.28. The number of aromatic carboxylic acids is 1. The van der Waals surface area contributed by atoms with E-state index in [1.54, 1.807) is 0 Å². The van der Waals surface area contributed by atoms with Gasteiger partial charge in [0.05, 0.1) is 17.7 Å². The molecule has 1 rings (SSSR count). The Morgan fingerprint density at radius 3 is 1.96 bits per heavy atom. The molecule has 1 aromatic rings. The zero-order chi connectivity index (χ0) is 21.4. The topological polar surface area (TPSA) is 66.4 Å². The predicted molar refractivity (Wildman–Crippen MR) is 77.3 cm³/mol. The fourth-order valence-corrected chi connectivity index (χ4v) is 2.01. The summed E-state index contributed by atoms with van der Waals surface area (Å²) < 4.78 is 104. The molecule has 14 heteroatoms. The maximum atomic E-state index is 13.5. The zero-order valence-corrected chi connectivity index (χ0v) is 14.0. The summed E-state index contributed by atoms with van der Waals surface area (Å²) in [6.45, 7) is 0. The lowest BCUT2D eigenvalue weighted by molar-refractivity contribution is -0.347. The van der Waals surface area contributed by atoms with Crippen molar-refractivity contribution in [2.24, 2.45) is 0 Å². The Morgan fingerprint density at radius 2 is 1.52 bits per heavy atom. The van der Waals surface area contributed by atoms with E-state index < -0.39 is 52.7 Å². The summed E-state index contributed by atoms with van der Waals surface area (Å²) in [5, 5.41) is 4.10. The van der Waals surface area contributed by atoms with Crippen molar-refractivity contribution in [3.05, 3.63) is 28.8 Å². The van der Waals surface area contributed by atoms with Gasteiger partial charge in [0.15, 0.2) is 0 Å². The average molecular weight is 448 g/mol. The standard InChI is InChI=1S/C13H7Cl2F8NO3/c14-5-1-2-6(9(26)27)7(3-5)24-8(25)4-10(16,17)11(18,19)12(20,21)13(15,22)23/h1-3H,4H2,(H,24,25)(H,26,27). The number of anilines is 1. The largest absolute Gasteiger partial charge is 0.478 e. The van der Waals surface area contributed by atoms with Gasteiger partial charge >= 0.3 is 29.1 Å². The highest BCUT2D eigenvalue weighted by Crippen LogP contribution is 2.54. The second kappa shape index (κ2) is 7.30. The monoisotopic (exact) mass is 447 g/mol. The van der Waals surface area contributed by atoms with Crippen LogP contribution in [0.1, 0.15) is 16.8 Å². The molecule has 0 aliphatic rings. The summed E-state index contributed by atoms with van der Waals surface area (Å²) in [7, 11) is 0. The van der Waals surface area contributed by atoms with E-state index in [4.69, 9.17) is 16.7 Å². The number of carboxylic acids is 1. The van der Waals surface area contributed by atoms with E-state index in [-0.39, 0.29) is 5.02 Å². The molecule has 0 aromatic heterocycles. The van der Waals surface area contributed by atoms with Gasteiger partial charge in [-0.05, 0) is 29.8 Å². The minimum atomic E-state index is -6.72. The number of halogens is 10. The van der Waals surface area contributed by atoms with Crippen LogP contribution in [-0.4, -0.2) is 40.1 Å². The van der Waals surface area contributed by atoms with E-state index >= 15 is 0 Å². The Hall–Kier alpha value is -1.82. The van der Waals surface area contributed by atoms with Gasteiger partial charge in [0.1, 0.15) is 0 Å². The van der Waals surface area contributed by atoms with Crippen LogP contribution < -0.4 is 5.32 Å². The third-order valence-corrected chi connectivity index (χ3v) is 3.55. The van der Waals surface area contributed by atoms with Crippen molar-refractivity contribution in [2.45, 2.75) is 29.6 Å². The van der Waals surface area contributed by atoms with Gasteiger partial charge in [0.25, 0.3) is 0 Å². The average Bonchev–Trinajstić information content (AvgIpc) is 2.44. The minimum absolute atomic E-state index is 0.194. The lowest BCUT2D eigenvalue weighted by atomic mass is 10.0. The molecule has 1 aromatic carbocycles. The molecule has 0 saturated carbocycles. The van der Waals surface area contributed by atoms with Crippen LogP contribution >= 0.6 is 23.2 Å². The van der Waals surface area contributed by atoms with E-state index in [0.29, 0.717) is 0 Å². The first kappa shape index (κ1) is 23.2. The molecule has 4 nitrogen and oxygen atoms in total. The number of alkyl halides is 9. The minimum Gasteiger partial charge on any atom is -0.478 e. The number of nitrogens with one attached hydrogen (secondary N) is 1. The Morgan fingerprint density at radius 1 is 1.00 bits per heavy atom. The van der Waals surface area contributed by atoms with Gasteiger partial charge in [-0.3, -0.25) is 4.79 Å². The van der Waals surface area contributed by atoms with Gasteiger partial charge < -0.3 is 10.4 Å². The molecule has 152 valence electrons. The lowest BCUT2D eigenvalue weighted by Crippen LogP contribution is -2.61. The second-order valence-electron chi connectivity index (χ2n) is 5.07. The maximum absolute atomic E-state index is 13.5. The third kappa shape index (κ3) is 4.54. The number of carbonyl (C=O) groups is 2. The van der Waals surface area contributed by atoms with Crippen LogP contribution in [0.4, 0.5) is 40.8 Å².